The van der Waals surface area contributed by atoms with E-state index in [0.29, 0.717) is 21.5 Å². The van der Waals surface area contributed by atoms with Crippen LogP contribution in [-0.2, 0) is 9.53 Å². The van der Waals surface area contributed by atoms with Crippen molar-refractivity contribution in [3.63, 3.8) is 0 Å². The summed E-state index contributed by atoms with van der Waals surface area (Å²) in [5.41, 5.74) is 0.317. The Morgan fingerprint density at radius 2 is 1.96 bits per heavy atom. The molecule has 1 fully saturated rings. The average molecular weight is 388 g/mol. The largest absolute Gasteiger partial charge is 0.493 e. The van der Waals surface area contributed by atoms with Crippen molar-refractivity contribution >= 4 is 27.8 Å². The normalized spacial score (nSPS) is 20.4. The summed E-state index contributed by atoms with van der Waals surface area (Å²) in [6.45, 7) is 0.234. The minimum Gasteiger partial charge on any atom is -0.493 e. The summed E-state index contributed by atoms with van der Waals surface area (Å²) < 4.78 is 16.2. The number of hydrogen-bond donors (Lipinski definition) is 1. The van der Waals surface area contributed by atoms with Crippen molar-refractivity contribution in [2.75, 3.05) is 27.9 Å². The number of aliphatic carboxylic acids is 1. The van der Waals surface area contributed by atoms with Gasteiger partial charge in [0.15, 0.2) is 11.5 Å². The van der Waals surface area contributed by atoms with Crippen molar-refractivity contribution in [2.45, 2.75) is 18.6 Å². The van der Waals surface area contributed by atoms with E-state index in [1.807, 2.05) is 0 Å². The zero-order valence-electron chi connectivity index (χ0n) is 13.0. The summed E-state index contributed by atoms with van der Waals surface area (Å²) in [4.78, 5) is 25.4. The first-order valence-electron chi connectivity index (χ1n) is 6.91. The van der Waals surface area contributed by atoms with Crippen LogP contribution in [-0.4, -0.2) is 61.9 Å². The summed E-state index contributed by atoms with van der Waals surface area (Å²) in [6.07, 6.45) is -0.0184. The van der Waals surface area contributed by atoms with E-state index in [1.54, 1.807) is 6.07 Å². The van der Waals surface area contributed by atoms with Gasteiger partial charge in [-0.2, -0.15) is 0 Å². The second-order valence-electron chi connectivity index (χ2n) is 5.10. The number of carboxylic acid groups (broad SMARTS) is 1. The van der Waals surface area contributed by atoms with Gasteiger partial charge < -0.3 is 24.2 Å². The van der Waals surface area contributed by atoms with Crippen LogP contribution in [0, 0.1) is 0 Å². The van der Waals surface area contributed by atoms with Gasteiger partial charge in [-0.3, -0.25) is 4.79 Å². The molecule has 0 aliphatic carbocycles. The van der Waals surface area contributed by atoms with Gasteiger partial charge in [-0.1, -0.05) is 0 Å². The summed E-state index contributed by atoms with van der Waals surface area (Å²) in [7, 11) is 4.47. The Balaban J connectivity index is 2.36. The number of hydrogen-bond acceptors (Lipinski definition) is 5. The average Bonchev–Trinajstić information content (AvgIpc) is 2.97. The van der Waals surface area contributed by atoms with E-state index in [9.17, 15) is 14.7 Å². The fourth-order valence-corrected chi connectivity index (χ4v) is 3.24. The Hall–Kier alpha value is -1.80. The molecule has 126 valence electrons. The van der Waals surface area contributed by atoms with Crippen LogP contribution in [0.25, 0.3) is 0 Å². The molecule has 1 heterocycles. The predicted molar refractivity (Wildman–Crippen MR) is 85.1 cm³/mol. The van der Waals surface area contributed by atoms with Crippen molar-refractivity contribution in [3.05, 3.63) is 22.2 Å². The lowest BCUT2D eigenvalue weighted by atomic mass is 10.1. The van der Waals surface area contributed by atoms with Crippen molar-refractivity contribution in [3.8, 4) is 11.5 Å². The first kappa shape index (κ1) is 17.6. The smallest absolute Gasteiger partial charge is 0.326 e. The maximum Gasteiger partial charge on any atom is 0.326 e. The second-order valence-corrected chi connectivity index (χ2v) is 5.95. The van der Waals surface area contributed by atoms with Crippen molar-refractivity contribution in [1.29, 1.82) is 0 Å². The van der Waals surface area contributed by atoms with Gasteiger partial charge >= 0.3 is 5.97 Å². The molecule has 2 unspecified atom stereocenters. The molecule has 1 aromatic carbocycles. The number of methoxy groups -OCH3 is 3. The fourth-order valence-electron chi connectivity index (χ4n) is 2.63. The molecule has 1 aliphatic rings. The quantitative estimate of drug-likeness (QED) is 0.828. The lowest BCUT2D eigenvalue weighted by Crippen LogP contribution is -2.40. The Bertz CT molecular complexity index is 620. The molecule has 2 atom stereocenters. The van der Waals surface area contributed by atoms with E-state index in [1.165, 1.54) is 32.3 Å². The molecular formula is C15H18BrNO6. The molecule has 1 amide bonds. The molecule has 0 bridgehead atoms. The van der Waals surface area contributed by atoms with Crippen molar-refractivity contribution in [2.24, 2.45) is 0 Å². The number of benzene rings is 1. The van der Waals surface area contributed by atoms with E-state index in [4.69, 9.17) is 14.2 Å². The molecule has 1 aromatic rings. The molecular weight excluding hydrogens is 370 g/mol. The highest BCUT2D eigenvalue weighted by Crippen LogP contribution is 2.37. The van der Waals surface area contributed by atoms with Gasteiger partial charge in [0.25, 0.3) is 5.91 Å². The van der Waals surface area contributed by atoms with Gasteiger partial charge in [0.2, 0.25) is 0 Å². The summed E-state index contributed by atoms with van der Waals surface area (Å²) in [5, 5.41) is 9.33. The predicted octanol–water partition coefficient (Wildman–Crippen LogP) is 1.78. The minimum atomic E-state index is -1.04. The SMILES string of the molecule is COc1cc(C(=O)N2CC(OC)CC2C(=O)O)cc(Br)c1OC. The van der Waals surface area contributed by atoms with Gasteiger partial charge in [-0.25, -0.2) is 4.79 Å². The van der Waals surface area contributed by atoms with E-state index in [-0.39, 0.29) is 19.1 Å². The highest BCUT2D eigenvalue weighted by atomic mass is 79.9. The highest BCUT2D eigenvalue weighted by molar-refractivity contribution is 9.10. The number of rotatable bonds is 5. The number of likely N-dealkylation sites (tertiary alicyclic amines) is 1. The molecule has 0 radical (unpaired) electrons. The third kappa shape index (κ3) is 3.42. The van der Waals surface area contributed by atoms with Gasteiger partial charge in [-0.15, -0.1) is 0 Å². The number of halogens is 1. The van der Waals surface area contributed by atoms with E-state index in [2.05, 4.69) is 15.9 Å². The van der Waals surface area contributed by atoms with Crippen LogP contribution in [0.2, 0.25) is 0 Å². The maximum absolute atomic E-state index is 12.7. The van der Waals surface area contributed by atoms with Crippen LogP contribution in [0.3, 0.4) is 0 Å². The van der Waals surface area contributed by atoms with Gasteiger partial charge in [0.05, 0.1) is 24.8 Å². The Kier molecular flexibility index (Phi) is 5.48. The zero-order valence-corrected chi connectivity index (χ0v) is 14.6. The first-order chi connectivity index (χ1) is 10.9. The molecule has 1 saturated heterocycles. The number of carbonyl (C=O) groups excluding carboxylic acids is 1. The van der Waals surface area contributed by atoms with Crippen LogP contribution >= 0.6 is 15.9 Å². The summed E-state index contributed by atoms with van der Waals surface area (Å²) in [5.74, 6) is -0.578. The van der Waals surface area contributed by atoms with E-state index < -0.39 is 17.9 Å². The molecule has 2 rings (SSSR count). The minimum absolute atomic E-state index is 0.234. The van der Waals surface area contributed by atoms with Gasteiger partial charge in [-0.05, 0) is 28.1 Å². The summed E-state index contributed by atoms with van der Waals surface area (Å²) in [6, 6.07) is 2.22. The van der Waals surface area contributed by atoms with Crippen LogP contribution in [0.1, 0.15) is 16.8 Å². The lowest BCUT2D eigenvalue weighted by molar-refractivity contribution is -0.141. The van der Waals surface area contributed by atoms with Crippen LogP contribution in [0.4, 0.5) is 0 Å². The molecule has 0 saturated carbocycles. The molecule has 7 nitrogen and oxygen atoms in total. The zero-order chi connectivity index (χ0) is 17.1. The number of amides is 1. The number of carboxylic acids is 1. The number of nitrogens with zero attached hydrogens (tertiary/aromatic N) is 1. The van der Waals surface area contributed by atoms with Crippen molar-refractivity contribution < 1.29 is 28.9 Å². The first-order valence-corrected chi connectivity index (χ1v) is 7.70. The Labute approximate surface area is 142 Å². The standard InChI is InChI=1S/C15H18BrNO6/c1-21-9-6-11(15(19)20)17(7-9)14(18)8-4-10(16)13(23-3)12(5-8)22-2/h4-5,9,11H,6-7H2,1-3H3,(H,19,20). The lowest BCUT2D eigenvalue weighted by Gasteiger charge is -2.22. The fraction of sp³-hybridized carbons (Fsp3) is 0.467. The van der Waals surface area contributed by atoms with Gasteiger partial charge in [0, 0.05) is 25.6 Å². The Morgan fingerprint density at radius 3 is 2.48 bits per heavy atom. The van der Waals surface area contributed by atoms with E-state index in [0.717, 1.165) is 0 Å². The third-order valence-corrected chi connectivity index (χ3v) is 4.41. The van der Waals surface area contributed by atoms with Crippen LogP contribution in [0.15, 0.2) is 16.6 Å². The maximum atomic E-state index is 12.7. The molecule has 8 heteroatoms. The molecule has 1 N–H and O–H groups in total. The monoisotopic (exact) mass is 387 g/mol. The van der Waals surface area contributed by atoms with Crippen LogP contribution < -0.4 is 9.47 Å². The summed E-state index contributed by atoms with van der Waals surface area (Å²) >= 11 is 3.33. The molecule has 23 heavy (non-hydrogen) atoms. The number of ether oxygens (including phenoxy) is 3. The van der Waals surface area contributed by atoms with Crippen LogP contribution in [0.5, 0.6) is 11.5 Å². The molecule has 1 aliphatic heterocycles. The molecule has 0 aromatic heterocycles. The Morgan fingerprint density at radius 1 is 1.26 bits per heavy atom. The van der Waals surface area contributed by atoms with Crippen molar-refractivity contribution in [1.82, 2.24) is 4.90 Å². The third-order valence-electron chi connectivity index (χ3n) is 3.82. The topological polar surface area (TPSA) is 85.3 Å². The second kappa shape index (κ2) is 7.18. The van der Waals surface area contributed by atoms with Gasteiger partial charge in [0.1, 0.15) is 6.04 Å². The van der Waals surface area contributed by atoms with E-state index >= 15 is 0 Å². The highest BCUT2D eigenvalue weighted by Gasteiger charge is 2.40. The number of carbonyl (C=O) groups is 2. The molecule has 0 spiro atoms.